The van der Waals surface area contributed by atoms with Gasteiger partial charge in [0.05, 0.1) is 0 Å². The van der Waals surface area contributed by atoms with Crippen molar-refractivity contribution in [2.45, 2.75) is 110 Å². The first-order valence-electron chi connectivity index (χ1n) is 14.3. The molecular weight excluding hydrogens is 396 g/mol. The molecule has 4 rings (SSSR count). The smallest absolute Gasteiger partial charge is 0.0162 e. The van der Waals surface area contributed by atoms with Crippen LogP contribution >= 0.6 is 0 Å². The topological polar surface area (TPSA) is 0 Å². The molecule has 2 saturated carbocycles. The van der Waals surface area contributed by atoms with E-state index in [1.54, 1.807) is 11.1 Å². The van der Waals surface area contributed by atoms with Crippen molar-refractivity contribution in [1.82, 2.24) is 0 Å². The Morgan fingerprint density at radius 2 is 0.970 bits per heavy atom. The van der Waals surface area contributed by atoms with Crippen LogP contribution in [0.4, 0.5) is 0 Å². The van der Waals surface area contributed by atoms with Gasteiger partial charge in [0.1, 0.15) is 0 Å². The van der Waals surface area contributed by atoms with E-state index in [0.717, 1.165) is 35.5 Å². The summed E-state index contributed by atoms with van der Waals surface area (Å²) in [5.41, 5.74) is 5.87. The Balaban J connectivity index is 1.31. The molecule has 2 unspecified atom stereocenters. The highest BCUT2D eigenvalue weighted by atomic mass is 14.3. The van der Waals surface area contributed by atoms with Gasteiger partial charge in [0.15, 0.2) is 0 Å². The van der Waals surface area contributed by atoms with Gasteiger partial charge in [0, 0.05) is 0 Å². The Kier molecular flexibility index (Phi) is 8.72. The number of benzene rings is 2. The minimum Gasteiger partial charge on any atom is -0.0654 e. The van der Waals surface area contributed by atoms with Crippen molar-refractivity contribution in [1.29, 1.82) is 0 Å². The molecule has 33 heavy (non-hydrogen) atoms. The molecule has 2 aliphatic rings. The van der Waals surface area contributed by atoms with Gasteiger partial charge in [-0.05, 0) is 109 Å². The molecule has 0 amide bonds. The van der Waals surface area contributed by atoms with Gasteiger partial charge < -0.3 is 0 Å². The molecule has 2 atom stereocenters. The molecule has 2 aliphatic carbocycles. The molecule has 180 valence electrons. The third kappa shape index (κ3) is 6.12. The fourth-order valence-corrected chi connectivity index (χ4v) is 6.96. The zero-order valence-corrected chi connectivity index (χ0v) is 21.9. The lowest BCUT2D eigenvalue weighted by molar-refractivity contribution is 0.235. The number of hydrogen-bond acceptors (Lipinski definition) is 0. The van der Waals surface area contributed by atoms with Crippen molar-refractivity contribution in [2.24, 2.45) is 23.7 Å². The summed E-state index contributed by atoms with van der Waals surface area (Å²) in [6, 6.07) is 19.1. The molecule has 2 fully saturated rings. The standard InChI is InChI=1S/C33H48/c1-5-7-25(4)27-10-14-29(15-11-27)31-18-22-33(23-19-31)32-20-16-30(17-21-32)28-12-8-26(9-13-28)24(3)6-2/h16-29H,5-15H2,1-4H3. The van der Waals surface area contributed by atoms with Crippen molar-refractivity contribution in [3.8, 4) is 11.1 Å². The maximum atomic E-state index is 2.48. The first-order chi connectivity index (χ1) is 16.1. The van der Waals surface area contributed by atoms with Crippen LogP contribution in [0.3, 0.4) is 0 Å². The summed E-state index contributed by atoms with van der Waals surface area (Å²) >= 11 is 0. The monoisotopic (exact) mass is 444 g/mol. The van der Waals surface area contributed by atoms with Gasteiger partial charge >= 0.3 is 0 Å². The van der Waals surface area contributed by atoms with Crippen molar-refractivity contribution in [2.75, 3.05) is 0 Å². The summed E-state index contributed by atoms with van der Waals surface area (Å²) in [5, 5.41) is 0. The molecule has 2 aromatic rings. The normalized spacial score (nSPS) is 27.8. The molecule has 0 heteroatoms. The molecule has 0 spiro atoms. The molecule has 0 aromatic heterocycles. The zero-order valence-electron chi connectivity index (χ0n) is 21.9. The highest BCUT2D eigenvalue weighted by Crippen LogP contribution is 2.41. The van der Waals surface area contributed by atoms with Crippen molar-refractivity contribution in [3.05, 3.63) is 59.7 Å². The fraction of sp³-hybridized carbons (Fsp3) is 0.636. The summed E-state index contributed by atoms with van der Waals surface area (Å²) in [4.78, 5) is 0. The van der Waals surface area contributed by atoms with E-state index in [1.165, 1.54) is 81.8 Å². The lowest BCUT2D eigenvalue weighted by atomic mass is 9.73. The second-order valence-corrected chi connectivity index (χ2v) is 11.6. The van der Waals surface area contributed by atoms with Gasteiger partial charge in [-0.2, -0.15) is 0 Å². The minimum absolute atomic E-state index is 0.775. The SMILES string of the molecule is CCCC(C)C1CCC(c2ccc(-c3ccc(C4CCC(C(C)CC)CC4)cc3)cc2)CC1. The van der Waals surface area contributed by atoms with Gasteiger partial charge in [-0.1, -0.05) is 95.5 Å². The van der Waals surface area contributed by atoms with Crippen molar-refractivity contribution < 1.29 is 0 Å². The van der Waals surface area contributed by atoms with Crippen LogP contribution in [0.15, 0.2) is 48.5 Å². The third-order valence-corrected chi connectivity index (χ3v) is 9.64. The van der Waals surface area contributed by atoms with Crippen LogP contribution in [0.5, 0.6) is 0 Å². The molecule has 0 aliphatic heterocycles. The van der Waals surface area contributed by atoms with E-state index in [9.17, 15) is 0 Å². The Morgan fingerprint density at radius 3 is 1.33 bits per heavy atom. The van der Waals surface area contributed by atoms with Gasteiger partial charge in [0.25, 0.3) is 0 Å². The Labute approximate surface area is 204 Å². The van der Waals surface area contributed by atoms with Crippen LogP contribution < -0.4 is 0 Å². The molecule has 0 bridgehead atoms. The summed E-state index contributed by atoms with van der Waals surface area (Å²) < 4.78 is 0. The largest absolute Gasteiger partial charge is 0.0654 e. The maximum Gasteiger partial charge on any atom is -0.0162 e. The van der Waals surface area contributed by atoms with E-state index in [1.807, 2.05) is 0 Å². The number of rotatable bonds is 8. The number of hydrogen-bond donors (Lipinski definition) is 0. The van der Waals surface area contributed by atoms with E-state index in [-0.39, 0.29) is 0 Å². The van der Waals surface area contributed by atoms with Crippen molar-refractivity contribution in [3.63, 3.8) is 0 Å². The van der Waals surface area contributed by atoms with E-state index in [0.29, 0.717) is 0 Å². The average Bonchev–Trinajstić information content (AvgIpc) is 2.89. The van der Waals surface area contributed by atoms with Gasteiger partial charge in [-0.15, -0.1) is 0 Å². The molecular formula is C33H48. The average molecular weight is 445 g/mol. The second kappa shape index (κ2) is 11.7. The first kappa shape index (κ1) is 24.6. The van der Waals surface area contributed by atoms with E-state index < -0.39 is 0 Å². The second-order valence-electron chi connectivity index (χ2n) is 11.6. The van der Waals surface area contributed by atoms with Gasteiger partial charge in [-0.25, -0.2) is 0 Å². The summed E-state index contributed by atoms with van der Waals surface area (Å²) in [7, 11) is 0. The summed E-state index contributed by atoms with van der Waals surface area (Å²) in [6.07, 6.45) is 15.3. The van der Waals surface area contributed by atoms with Crippen LogP contribution in [-0.4, -0.2) is 0 Å². The summed E-state index contributed by atoms with van der Waals surface area (Å²) in [5.74, 6) is 5.28. The lowest BCUT2D eigenvalue weighted by Gasteiger charge is -2.32. The van der Waals surface area contributed by atoms with Crippen LogP contribution in [0.1, 0.15) is 121 Å². The molecule has 0 nitrogen and oxygen atoms in total. The Hall–Kier alpha value is -1.56. The highest BCUT2D eigenvalue weighted by Gasteiger charge is 2.26. The van der Waals surface area contributed by atoms with Crippen LogP contribution in [0.25, 0.3) is 11.1 Å². The lowest BCUT2D eigenvalue weighted by Crippen LogP contribution is -2.19. The Morgan fingerprint density at radius 1 is 0.576 bits per heavy atom. The zero-order chi connectivity index (χ0) is 23.2. The van der Waals surface area contributed by atoms with E-state index in [4.69, 9.17) is 0 Å². The maximum absolute atomic E-state index is 2.48. The third-order valence-electron chi connectivity index (χ3n) is 9.64. The van der Waals surface area contributed by atoms with Crippen LogP contribution in [0.2, 0.25) is 0 Å². The predicted octanol–water partition coefficient (Wildman–Crippen LogP) is 10.4. The van der Waals surface area contributed by atoms with Gasteiger partial charge in [0.2, 0.25) is 0 Å². The van der Waals surface area contributed by atoms with E-state index in [2.05, 4.69) is 76.2 Å². The van der Waals surface area contributed by atoms with Crippen LogP contribution in [0, 0.1) is 23.7 Å². The molecule has 0 saturated heterocycles. The summed E-state index contributed by atoms with van der Waals surface area (Å²) in [6.45, 7) is 9.61. The molecule has 2 aromatic carbocycles. The van der Waals surface area contributed by atoms with Crippen molar-refractivity contribution >= 4 is 0 Å². The minimum atomic E-state index is 0.775. The molecule has 0 heterocycles. The van der Waals surface area contributed by atoms with E-state index >= 15 is 0 Å². The Bertz CT molecular complexity index is 813. The highest BCUT2D eigenvalue weighted by molar-refractivity contribution is 5.64. The molecule has 0 radical (unpaired) electrons. The first-order valence-corrected chi connectivity index (χ1v) is 14.3. The molecule has 0 N–H and O–H groups in total. The quantitative estimate of drug-likeness (QED) is 0.380. The van der Waals surface area contributed by atoms with Gasteiger partial charge in [-0.3, -0.25) is 0 Å². The van der Waals surface area contributed by atoms with Crippen LogP contribution in [-0.2, 0) is 0 Å². The fourth-order valence-electron chi connectivity index (χ4n) is 6.96. The predicted molar refractivity (Wildman–Crippen MR) is 145 cm³/mol.